The molecule has 1 aromatic rings. The average Bonchev–Trinajstić information content (AvgIpc) is 2.62. The van der Waals surface area contributed by atoms with Crippen molar-refractivity contribution in [1.82, 2.24) is 0 Å². The fourth-order valence-corrected chi connectivity index (χ4v) is 6.01. The summed E-state index contributed by atoms with van der Waals surface area (Å²) in [6, 6.07) is 4.42. The first kappa shape index (κ1) is 21.1. The largest absolute Gasteiger partial charge is 0.481 e. The predicted octanol–water partition coefficient (Wildman–Crippen LogP) is 6.03. The van der Waals surface area contributed by atoms with Gasteiger partial charge in [-0.15, -0.1) is 0 Å². The van der Waals surface area contributed by atoms with Gasteiger partial charge in [-0.25, -0.2) is 0 Å². The molecule has 0 bridgehead atoms. The van der Waals surface area contributed by atoms with Gasteiger partial charge in [0.1, 0.15) is 6.61 Å². The Morgan fingerprint density at radius 1 is 1.43 bits per heavy atom. The molecule has 2 aliphatic rings. The zero-order valence-electron chi connectivity index (χ0n) is 17.2. The fourth-order valence-electron chi connectivity index (χ4n) is 5.20. The molecule has 0 aliphatic heterocycles. The maximum absolute atomic E-state index is 12.3. The van der Waals surface area contributed by atoms with Crippen LogP contribution in [-0.4, -0.2) is 23.4 Å². The van der Waals surface area contributed by atoms with Crippen molar-refractivity contribution in [2.45, 2.75) is 64.7 Å². The van der Waals surface area contributed by atoms with Crippen molar-refractivity contribution in [2.75, 3.05) is 6.61 Å². The first-order chi connectivity index (χ1) is 13.1. The second-order valence-electron chi connectivity index (χ2n) is 8.95. The van der Waals surface area contributed by atoms with Crippen LogP contribution in [0.3, 0.4) is 0 Å². The van der Waals surface area contributed by atoms with Gasteiger partial charge in [0, 0.05) is 10.0 Å². The van der Waals surface area contributed by atoms with Gasteiger partial charge in [-0.1, -0.05) is 60.9 Å². The number of halogens is 1. The zero-order chi connectivity index (χ0) is 20.7. The van der Waals surface area contributed by atoms with Crippen molar-refractivity contribution in [2.24, 2.45) is 16.5 Å². The standard InChI is InChI=1S/C23H30BrNO3/c1-6-10-28-25-19-13-20-22(4,8-7-9-23(20,5)21(26)27)17-12-18(24)15(14(2)3)11-16(17)19/h6,11-12,14,20H,1,7-10,13H2,2-5H3,(H,26,27)/b25-19+/t20?,22-,23-/m1/s1. The molecule has 0 radical (unpaired) electrons. The lowest BCUT2D eigenvalue weighted by Gasteiger charge is -2.53. The molecular weight excluding hydrogens is 418 g/mol. The molecule has 1 fully saturated rings. The minimum absolute atomic E-state index is 0.0263. The summed E-state index contributed by atoms with van der Waals surface area (Å²) in [4.78, 5) is 17.7. The van der Waals surface area contributed by atoms with E-state index in [2.05, 4.69) is 60.6 Å². The van der Waals surface area contributed by atoms with Gasteiger partial charge in [-0.05, 0) is 66.7 Å². The number of hydrogen-bond acceptors (Lipinski definition) is 3. The van der Waals surface area contributed by atoms with Crippen LogP contribution in [0.15, 0.2) is 34.4 Å². The Morgan fingerprint density at radius 3 is 2.75 bits per heavy atom. The monoisotopic (exact) mass is 447 g/mol. The average molecular weight is 448 g/mol. The van der Waals surface area contributed by atoms with Crippen molar-refractivity contribution < 1.29 is 14.7 Å². The highest BCUT2D eigenvalue weighted by Crippen LogP contribution is 2.58. The number of nitrogens with zero attached hydrogens (tertiary/aromatic N) is 1. The summed E-state index contributed by atoms with van der Waals surface area (Å²) in [5, 5.41) is 14.5. The molecule has 28 heavy (non-hydrogen) atoms. The van der Waals surface area contributed by atoms with Gasteiger partial charge in [-0.3, -0.25) is 4.79 Å². The molecule has 0 amide bonds. The summed E-state index contributed by atoms with van der Waals surface area (Å²) in [6.07, 6.45) is 4.88. The Bertz CT molecular complexity index is 831. The highest BCUT2D eigenvalue weighted by molar-refractivity contribution is 9.10. The number of benzene rings is 1. The summed E-state index contributed by atoms with van der Waals surface area (Å²) >= 11 is 3.76. The lowest BCUT2D eigenvalue weighted by Crippen LogP contribution is -2.53. The number of hydrogen-bond donors (Lipinski definition) is 1. The van der Waals surface area contributed by atoms with E-state index in [-0.39, 0.29) is 11.3 Å². The molecule has 4 nitrogen and oxygen atoms in total. The van der Waals surface area contributed by atoms with Crippen molar-refractivity contribution in [3.05, 3.63) is 46.0 Å². The van der Waals surface area contributed by atoms with E-state index in [0.29, 0.717) is 25.4 Å². The Balaban J connectivity index is 2.22. The van der Waals surface area contributed by atoms with Crippen LogP contribution in [0.1, 0.15) is 76.0 Å². The van der Waals surface area contributed by atoms with Crippen LogP contribution in [0.2, 0.25) is 0 Å². The number of carbonyl (C=O) groups is 1. The van der Waals surface area contributed by atoms with E-state index in [1.807, 2.05) is 6.92 Å². The maximum atomic E-state index is 12.3. The van der Waals surface area contributed by atoms with Gasteiger partial charge in [0.15, 0.2) is 0 Å². The fraction of sp³-hybridized carbons (Fsp3) is 0.565. The summed E-state index contributed by atoms with van der Waals surface area (Å²) < 4.78 is 1.08. The van der Waals surface area contributed by atoms with Crippen LogP contribution in [-0.2, 0) is 15.0 Å². The number of aliphatic carboxylic acids is 1. The molecule has 152 valence electrons. The van der Waals surface area contributed by atoms with Crippen molar-refractivity contribution in [3.8, 4) is 0 Å². The van der Waals surface area contributed by atoms with Crippen LogP contribution < -0.4 is 0 Å². The van der Waals surface area contributed by atoms with Gasteiger partial charge in [0.25, 0.3) is 0 Å². The van der Waals surface area contributed by atoms with Gasteiger partial charge >= 0.3 is 5.97 Å². The Labute approximate surface area is 176 Å². The van der Waals surface area contributed by atoms with E-state index in [4.69, 9.17) is 4.84 Å². The highest BCUT2D eigenvalue weighted by atomic mass is 79.9. The highest BCUT2D eigenvalue weighted by Gasteiger charge is 2.56. The topological polar surface area (TPSA) is 58.9 Å². The molecule has 1 saturated carbocycles. The molecule has 5 heteroatoms. The molecule has 1 N–H and O–H groups in total. The van der Waals surface area contributed by atoms with Crippen LogP contribution >= 0.6 is 15.9 Å². The molecule has 0 saturated heterocycles. The summed E-state index contributed by atoms with van der Waals surface area (Å²) in [5.41, 5.74) is 3.40. The third-order valence-corrected chi connectivity index (χ3v) is 7.56. The molecule has 0 aromatic heterocycles. The molecule has 3 rings (SSSR count). The number of carboxylic acids is 1. The molecule has 0 heterocycles. The second-order valence-corrected chi connectivity index (χ2v) is 9.80. The summed E-state index contributed by atoms with van der Waals surface area (Å²) in [6.45, 7) is 12.5. The SMILES string of the molecule is C=CCO/N=C1\CC2[C@](C)(C(=O)O)CCC[C@]2(C)c2cc(Br)c(C(C)C)cc21. The zero-order valence-corrected chi connectivity index (χ0v) is 18.8. The van der Waals surface area contributed by atoms with Crippen molar-refractivity contribution in [1.29, 1.82) is 0 Å². The maximum Gasteiger partial charge on any atom is 0.309 e. The van der Waals surface area contributed by atoms with Gasteiger partial charge < -0.3 is 9.94 Å². The van der Waals surface area contributed by atoms with Crippen LogP contribution in [0.25, 0.3) is 0 Å². The number of carboxylic acid groups (broad SMARTS) is 1. The first-order valence-electron chi connectivity index (χ1n) is 10.0. The van der Waals surface area contributed by atoms with E-state index in [9.17, 15) is 9.90 Å². The quantitative estimate of drug-likeness (QED) is 0.340. The third-order valence-electron chi connectivity index (χ3n) is 6.87. The van der Waals surface area contributed by atoms with E-state index in [1.54, 1.807) is 6.08 Å². The molecule has 1 unspecified atom stereocenters. The Morgan fingerprint density at radius 2 is 2.14 bits per heavy atom. The first-order valence-corrected chi connectivity index (χ1v) is 10.8. The second kappa shape index (κ2) is 7.66. The molecule has 2 aliphatic carbocycles. The van der Waals surface area contributed by atoms with Crippen LogP contribution in [0, 0.1) is 11.3 Å². The molecular formula is C23H30BrNO3. The predicted molar refractivity (Wildman–Crippen MR) is 116 cm³/mol. The van der Waals surface area contributed by atoms with Crippen molar-refractivity contribution in [3.63, 3.8) is 0 Å². The van der Waals surface area contributed by atoms with E-state index in [0.717, 1.165) is 28.6 Å². The smallest absolute Gasteiger partial charge is 0.309 e. The summed E-state index contributed by atoms with van der Waals surface area (Å²) in [7, 11) is 0. The molecule has 0 spiro atoms. The van der Waals surface area contributed by atoms with E-state index >= 15 is 0 Å². The van der Waals surface area contributed by atoms with Crippen LogP contribution in [0.5, 0.6) is 0 Å². The molecule has 1 aromatic carbocycles. The van der Waals surface area contributed by atoms with Gasteiger partial charge in [-0.2, -0.15) is 0 Å². The van der Waals surface area contributed by atoms with Crippen LogP contribution in [0.4, 0.5) is 0 Å². The van der Waals surface area contributed by atoms with E-state index < -0.39 is 11.4 Å². The number of oxime groups is 1. The van der Waals surface area contributed by atoms with Gasteiger partial charge in [0.05, 0.1) is 11.1 Å². The van der Waals surface area contributed by atoms with Gasteiger partial charge in [0.2, 0.25) is 0 Å². The Hall–Kier alpha value is -1.62. The number of rotatable bonds is 5. The van der Waals surface area contributed by atoms with Crippen molar-refractivity contribution >= 4 is 27.6 Å². The molecule has 3 atom stereocenters. The number of fused-ring (bicyclic) bond motifs is 3. The Kier molecular flexibility index (Phi) is 5.77. The normalized spacial score (nSPS) is 30.6. The summed E-state index contributed by atoms with van der Waals surface area (Å²) in [5.74, 6) is -0.367. The lowest BCUT2D eigenvalue weighted by atomic mass is 9.49. The third kappa shape index (κ3) is 3.32. The minimum Gasteiger partial charge on any atom is -0.481 e. The minimum atomic E-state index is -0.771. The lowest BCUT2D eigenvalue weighted by molar-refractivity contribution is -0.156. The van der Waals surface area contributed by atoms with E-state index in [1.165, 1.54) is 11.1 Å².